The smallest absolute Gasteiger partial charge is 0.240 e. The minimum Gasteiger partial charge on any atom is -0.508 e. The van der Waals surface area contributed by atoms with E-state index in [0.29, 0.717) is 32.4 Å². The van der Waals surface area contributed by atoms with Gasteiger partial charge in [-0.25, -0.2) is 0 Å². The quantitative estimate of drug-likeness (QED) is 0.150. The second-order valence-corrected chi connectivity index (χ2v) is 12.8. The number of nitrogens with two attached hydrogens (primary N) is 2. The number of aryl methyl sites for hydroxylation is 2. The number of carbonyl (C=O) groups excluding carboxylic acids is 3. The Balaban J connectivity index is 1.36. The average Bonchev–Trinajstić information content (AvgIpc) is 3.07. The van der Waals surface area contributed by atoms with Crippen LogP contribution in [0.1, 0.15) is 38.9 Å². The Hall–Kier alpha value is -4.99. The van der Waals surface area contributed by atoms with Gasteiger partial charge in [0.1, 0.15) is 11.8 Å². The van der Waals surface area contributed by atoms with Crippen molar-refractivity contribution in [3.63, 3.8) is 0 Å². The second kappa shape index (κ2) is 15.7. The molecule has 1 aliphatic heterocycles. The summed E-state index contributed by atoms with van der Waals surface area (Å²) in [5, 5.41) is 16.3. The average molecular weight is 648 g/mol. The van der Waals surface area contributed by atoms with Crippen molar-refractivity contribution in [2.45, 2.75) is 70.2 Å². The van der Waals surface area contributed by atoms with Crippen molar-refractivity contribution in [1.82, 2.24) is 15.5 Å². The highest BCUT2D eigenvalue weighted by atomic mass is 16.3. The van der Waals surface area contributed by atoms with Crippen molar-refractivity contribution in [3.05, 3.63) is 136 Å². The van der Waals surface area contributed by atoms with Gasteiger partial charge in [0.2, 0.25) is 17.7 Å². The molecule has 0 aromatic heterocycles. The fourth-order valence-electron chi connectivity index (χ4n) is 6.57. The summed E-state index contributed by atoms with van der Waals surface area (Å²) >= 11 is 0. The molecule has 7 N–H and O–H groups in total. The number of hydrogen-bond donors (Lipinski definition) is 5. The molecule has 0 bridgehead atoms. The molecule has 0 spiro atoms. The van der Waals surface area contributed by atoms with Crippen molar-refractivity contribution in [2.75, 3.05) is 6.54 Å². The van der Waals surface area contributed by atoms with Crippen LogP contribution in [0.2, 0.25) is 0 Å². The first-order valence-electron chi connectivity index (χ1n) is 16.4. The third-order valence-corrected chi connectivity index (χ3v) is 9.20. The predicted molar refractivity (Wildman–Crippen MR) is 187 cm³/mol. The van der Waals surface area contributed by atoms with Crippen LogP contribution in [-0.4, -0.2) is 58.4 Å². The van der Waals surface area contributed by atoms with Gasteiger partial charge in [0, 0.05) is 25.6 Å². The third kappa shape index (κ3) is 8.67. The summed E-state index contributed by atoms with van der Waals surface area (Å²) in [5.74, 6) is -0.949. The first-order chi connectivity index (χ1) is 23.1. The maximum absolute atomic E-state index is 14.1. The highest BCUT2D eigenvalue weighted by Gasteiger charge is 2.34. The molecule has 9 heteroatoms. The van der Waals surface area contributed by atoms with Crippen molar-refractivity contribution < 1.29 is 19.5 Å². The Kier molecular flexibility index (Phi) is 11.3. The number of fused-ring (bicyclic) bond motifs is 1. The minimum absolute atomic E-state index is 0.177. The van der Waals surface area contributed by atoms with Crippen molar-refractivity contribution >= 4 is 17.7 Å². The summed E-state index contributed by atoms with van der Waals surface area (Å²) in [6.07, 6.45) is 1.58. The lowest BCUT2D eigenvalue weighted by atomic mass is 9.91. The number of amides is 3. The molecule has 3 amide bonds. The van der Waals surface area contributed by atoms with Crippen LogP contribution in [0.3, 0.4) is 0 Å². The van der Waals surface area contributed by atoms with Gasteiger partial charge in [-0.2, -0.15) is 0 Å². The number of nitrogens with zero attached hydrogens (tertiary/aromatic N) is 1. The van der Waals surface area contributed by atoms with Crippen molar-refractivity contribution in [1.29, 1.82) is 0 Å². The van der Waals surface area contributed by atoms with E-state index in [4.69, 9.17) is 11.5 Å². The number of primary amides is 1. The summed E-state index contributed by atoms with van der Waals surface area (Å²) in [7, 11) is 0. The minimum atomic E-state index is -0.885. The van der Waals surface area contributed by atoms with E-state index in [2.05, 4.69) is 16.7 Å². The molecule has 5 rings (SSSR count). The molecule has 4 aromatic carbocycles. The van der Waals surface area contributed by atoms with E-state index in [1.54, 1.807) is 12.1 Å². The van der Waals surface area contributed by atoms with Gasteiger partial charge in [0.05, 0.1) is 12.1 Å². The van der Waals surface area contributed by atoms with E-state index in [-0.39, 0.29) is 30.0 Å². The molecule has 0 saturated carbocycles. The molecule has 48 heavy (non-hydrogen) atoms. The third-order valence-electron chi connectivity index (χ3n) is 9.20. The predicted octanol–water partition coefficient (Wildman–Crippen LogP) is 3.25. The molecule has 1 aliphatic rings. The number of phenolic OH excluding ortho intramolecular Hbond substituents is 1. The van der Waals surface area contributed by atoms with Gasteiger partial charge in [-0.15, -0.1) is 0 Å². The van der Waals surface area contributed by atoms with Crippen LogP contribution >= 0.6 is 0 Å². The fraction of sp³-hybridized carbons (Fsp3) is 0.308. The molecule has 250 valence electrons. The Bertz CT molecular complexity index is 1710. The summed E-state index contributed by atoms with van der Waals surface area (Å²) < 4.78 is 0. The topological polar surface area (TPSA) is 151 Å². The monoisotopic (exact) mass is 647 g/mol. The van der Waals surface area contributed by atoms with Crippen molar-refractivity contribution in [2.24, 2.45) is 11.5 Å². The second-order valence-electron chi connectivity index (χ2n) is 12.8. The summed E-state index contributed by atoms with van der Waals surface area (Å²) in [6, 6.07) is 27.9. The van der Waals surface area contributed by atoms with Crippen molar-refractivity contribution in [3.8, 4) is 5.75 Å². The summed E-state index contributed by atoms with van der Waals surface area (Å²) in [6.45, 7) is 4.54. The van der Waals surface area contributed by atoms with Crippen LogP contribution in [0, 0.1) is 13.8 Å². The molecule has 0 saturated heterocycles. The van der Waals surface area contributed by atoms with Gasteiger partial charge in [-0.05, 0) is 84.2 Å². The number of carbonyl (C=O) groups is 3. The lowest BCUT2D eigenvalue weighted by Crippen LogP contribution is -2.58. The summed E-state index contributed by atoms with van der Waals surface area (Å²) in [5.41, 5.74) is 19.1. The van der Waals surface area contributed by atoms with Crippen LogP contribution in [0.5, 0.6) is 5.75 Å². The van der Waals surface area contributed by atoms with Gasteiger partial charge >= 0.3 is 0 Å². The maximum atomic E-state index is 14.1. The highest BCUT2D eigenvalue weighted by molar-refractivity contribution is 5.89. The number of nitrogens with one attached hydrogen (secondary N) is 2. The zero-order chi connectivity index (χ0) is 34.2. The molecule has 4 aromatic rings. The molecular weight excluding hydrogens is 602 g/mol. The molecular formula is C39H45N5O4. The van der Waals surface area contributed by atoms with Crippen LogP contribution in [0.25, 0.3) is 0 Å². The molecule has 0 fully saturated rings. The Morgan fingerprint density at radius 2 is 1.35 bits per heavy atom. The van der Waals surface area contributed by atoms with E-state index in [1.165, 1.54) is 0 Å². The van der Waals surface area contributed by atoms with Gasteiger partial charge in [0.15, 0.2) is 0 Å². The first kappa shape index (κ1) is 34.3. The van der Waals surface area contributed by atoms with Crippen LogP contribution in [-0.2, 0) is 46.6 Å². The largest absolute Gasteiger partial charge is 0.508 e. The number of rotatable bonds is 13. The standard InChI is InChI=1S/C39H45N5O4/c1-25-17-32(45)18-26(2)33(25)22-34(40)39(48)44-24-30-16-10-9-15-29(30)21-31(44)23-42-36(20-28-13-7-4-8-14-28)38(47)43-35(37(41)46)19-27-11-5-3-6-12-27/h3-18,31,34-36,42,45H,19-24,40H2,1-2H3,(H2,41,46)(H,43,47)/t31?,34?,35-,36-/m0/s1. The SMILES string of the molecule is Cc1cc(O)cc(C)c1CC(N)C(=O)N1Cc2ccccc2CC1CN[C@@H](Cc1ccccc1)C(=O)N[C@@H](Cc1ccccc1)C(N)=O. The number of phenols is 1. The van der Waals surface area contributed by atoms with Gasteiger partial charge in [-0.1, -0.05) is 84.9 Å². The van der Waals surface area contributed by atoms with Gasteiger partial charge < -0.3 is 32.1 Å². The van der Waals surface area contributed by atoms with E-state index in [0.717, 1.165) is 38.9 Å². The van der Waals surface area contributed by atoms with Gasteiger partial charge in [0.25, 0.3) is 0 Å². The first-order valence-corrected chi connectivity index (χ1v) is 16.4. The maximum Gasteiger partial charge on any atom is 0.240 e. The van der Waals surface area contributed by atoms with E-state index >= 15 is 0 Å². The molecule has 0 aliphatic carbocycles. The zero-order valence-corrected chi connectivity index (χ0v) is 27.6. The van der Waals surface area contributed by atoms with Gasteiger partial charge in [-0.3, -0.25) is 14.4 Å². The van der Waals surface area contributed by atoms with E-state index in [9.17, 15) is 19.5 Å². The molecule has 0 radical (unpaired) electrons. The van der Waals surface area contributed by atoms with Crippen LogP contribution in [0.15, 0.2) is 97.1 Å². The number of hydrogen-bond acceptors (Lipinski definition) is 6. The lowest BCUT2D eigenvalue weighted by molar-refractivity contribution is -0.136. The van der Waals surface area contributed by atoms with E-state index < -0.39 is 24.0 Å². The fourth-order valence-corrected chi connectivity index (χ4v) is 6.57. The zero-order valence-electron chi connectivity index (χ0n) is 27.6. The van der Waals surface area contributed by atoms with E-state index in [1.807, 2.05) is 97.6 Å². The summed E-state index contributed by atoms with van der Waals surface area (Å²) in [4.78, 5) is 42.2. The van der Waals surface area contributed by atoms with Crippen LogP contribution < -0.4 is 22.1 Å². The van der Waals surface area contributed by atoms with Crippen LogP contribution in [0.4, 0.5) is 0 Å². The number of aromatic hydroxyl groups is 1. The molecule has 9 nitrogen and oxygen atoms in total. The molecule has 1 heterocycles. The Labute approximate surface area is 282 Å². The lowest BCUT2D eigenvalue weighted by Gasteiger charge is -2.39. The molecule has 2 unspecified atom stereocenters. The Morgan fingerprint density at radius 1 is 0.812 bits per heavy atom. The Morgan fingerprint density at radius 3 is 1.94 bits per heavy atom. The normalized spacial score (nSPS) is 16.0. The number of benzene rings is 4. The highest BCUT2D eigenvalue weighted by Crippen LogP contribution is 2.26. The molecule has 4 atom stereocenters.